The van der Waals surface area contributed by atoms with Crippen LogP contribution in [0, 0.1) is 6.92 Å². The zero-order chi connectivity index (χ0) is 20.5. The van der Waals surface area contributed by atoms with Gasteiger partial charge in [-0.15, -0.1) is 0 Å². The maximum Gasteiger partial charge on any atom is 0.264 e. The molecule has 0 radical (unpaired) electrons. The first-order valence-electron chi connectivity index (χ1n) is 9.65. The van der Waals surface area contributed by atoms with Crippen molar-refractivity contribution in [3.63, 3.8) is 0 Å². The molecule has 0 unspecified atom stereocenters. The summed E-state index contributed by atoms with van der Waals surface area (Å²) in [6.45, 7) is 4.01. The van der Waals surface area contributed by atoms with E-state index in [0.29, 0.717) is 34.7 Å². The standard InChI is InChI=1S/C21H22F2N4O2/c1-3-29-15-8-6-14(7-9-15)24-18(28)11-27-21-19(12(2)26-27)16(20(22)23)10-17(25-21)13-4-5-13/h6-10,13,20H,3-5,11H2,1-2H3,(H,24,28). The van der Waals surface area contributed by atoms with E-state index in [9.17, 15) is 13.6 Å². The minimum atomic E-state index is -2.62. The summed E-state index contributed by atoms with van der Waals surface area (Å²) in [6, 6.07) is 8.51. The lowest BCUT2D eigenvalue weighted by molar-refractivity contribution is -0.116. The van der Waals surface area contributed by atoms with Gasteiger partial charge in [0, 0.05) is 22.9 Å². The first kappa shape index (κ1) is 19.3. The third-order valence-corrected chi connectivity index (χ3v) is 4.90. The van der Waals surface area contributed by atoms with E-state index in [1.165, 1.54) is 10.7 Å². The molecular weight excluding hydrogens is 378 g/mol. The van der Waals surface area contributed by atoms with E-state index in [-0.39, 0.29) is 23.9 Å². The fourth-order valence-corrected chi connectivity index (χ4v) is 3.42. The van der Waals surface area contributed by atoms with Crippen molar-refractivity contribution in [3.8, 4) is 5.75 Å². The number of anilines is 1. The summed E-state index contributed by atoms with van der Waals surface area (Å²) in [5.41, 5.74) is 1.99. The van der Waals surface area contributed by atoms with Gasteiger partial charge < -0.3 is 10.1 Å². The highest BCUT2D eigenvalue weighted by molar-refractivity contribution is 5.92. The van der Waals surface area contributed by atoms with E-state index >= 15 is 0 Å². The molecule has 29 heavy (non-hydrogen) atoms. The molecule has 6 nitrogen and oxygen atoms in total. The molecule has 1 aromatic carbocycles. The van der Waals surface area contributed by atoms with E-state index in [1.807, 2.05) is 6.92 Å². The Morgan fingerprint density at radius 3 is 2.66 bits per heavy atom. The third kappa shape index (κ3) is 4.06. The number of rotatable bonds is 7. The highest BCUT2D eigenvalue weighted by atomic mass is 19.3. The number of halogens is 2. The number of aryl methyl sites for hydroxylation is 1. The molecule has 1 N–H and O–H groups in total. The van der Waals surface area contributed by atoms with E-state index in [4.69, 9.17) is 4.74 Å². The van der Waals surface area contributed by atoms with Gasteiger partial charge in [0.2, 0.25) is 5.91 Å². The molecule has 8 heteroatoms. The quantitative estimate of drug-likeness (QED) is 0.630. The molecule has 0 atom stereocenters. The van der Waals surface area contributed by atoms with Crippen LogP contribution in [0.3, 0.4) is 0 Å². The monoisotopic (exact) mass is 400 g/mol. The number of pyridine rings is 1. The van der Waals surface area contributed by atoms with Crippen molar-refractivity contribution in [2.75, 3.05) is 11.9 Å². The molecule has 0 bridgehead atoms. The number of fused-ring (bicyclic) bond motifs is 1. The third-order valence-electron chi connectivity index (χ3n) is 4.90. The van der Waals surface area contributed by atoms with Crippen LogP contribution in [0.4, 0.5) is 14.5 Å². The summed E-state index contributed by atoms with van der Waals surface area (Å²) >= 11 is 0. The molecule has 0 aliphatic heterocycles. The number of ether oxygens (including phenoxy) is 1. The average Bonchev–Trinajstić information content (AvgIpc) is 3.49. The van der Waals surface area contributed by atoms with Gasteiger partial charge in [0.1, 0.15) is 12.3 Å². The van der Waals surface area contributed by atoms with Crippen molar-refractivity contribution in [2.24, 2.45) is 0 Å². The predicted octanol–water partition coefficient (Wildman–Crippen LogP) is 4.59. The smallest absolute Gasteiger partial charge is 0.264 e. The summed E-state index contributed by atoms with van der Waals surface area (Å²) in [7, 11) is 0. The topological polar surface area (TPSA) is 69.0 Å². The van der Waals surface area contributed by atoms with Gasteiger partial charge in [0.05, 0.1) is 17.7 Å². The van der Waals surface area contributed by atoms with Crippen LogP contribution < -0.4 is 10.1 Å². The fraction of sp³-hybridized carbons (Fsp3) is 0.381. The first-order chi connectivity index (χ1) is 14.0. The molecular formula is C21H22F2N4O2. The van der Waals surface area contributed by atoms with Crippen molar-refractivity contribution in [3.05, 3.63) is 47.3 Å². The second kappa shape index (κ2) is 7.77. The molecule has 4 rings (SSSR count). The van der Waals surface area contributed by atoms with Crippen LogP contribution in [0.15, 0.2) is 30.3 Å². The molecule has 1 aliphatic carbocycles. The number of nitrogens with zero attached hydrogens (tertiary/aromatic N) is 3. The minimum absolute atomic E-state index is 0.0624. The molecule has 2 heterocycles. The fourth-order valence-electron chi connectivity index (χ4n) is 3.42. The number of hydrogen-bond acceptors (Lipinski definition) is 4. The molecule has 2 aromatic heterocycles. The lowest BCUT2D eigenvalue weighted by Crippen LogP contribution is -2.20. The van der Waals surface area contributed by atoms with Crippen LogP contribution in [0.25, 0.3) is 11.0 Å². The molecule has 1 saturated carbocycles. The highest BCUT2D eigenvalue weighted by Gasteiger charge is 2.29. The molecule has 1 amide bonds. The highest BCUT2D eigenvalue weighted by Crippen LogP contribution is 2.41. The number of nitrogens with one attached hydrogen (secondary N) is 1. The average molecular weight is 400 g/mol. The predicted molar refractivity (Wildman–Crippen MR) is 105 cm³/mol. The van der Waals surface area contributed by atoms with Crippen LogP contribution in [0.2, 0.25) is 0 Å². The zero-order valence-corrected chi connectivity index (χ0v) is 16.3. The van der Waals surface area contributed by atoms with E-state index in [1.54, 1.807) is 31.2 Å². The zero-order valence-electron chi connectivity index (χ0n) is 16.3. The first-order valence-corrected chi connectivity index (χ1v) is 9.65. The van der Waals surface area contributed by atoms with Crippen LogP contribution in [0.5, 0.6) is 5.75 Å². The molecule has 1 fully saturated rings. The van der Waals surface area contributed by atoms with Crippen molar-refractivity contribution >= 4 is 22.6 Å². The summed E-state index contributed by atoms with van der Waals surface area (Å²) in [5.74, 6) is 0.629. The SMILES string of the molecule is CCOc1ccc(NC(=O)Cn2nc(C)c3c(C(F)F)cc(C4CC4)nc32)cc1. The van der Waals surface area contributed by atoms with Crippen molar-refractivity contribution in [1.29, 1.82) is 0 Å². The van der Waals surface area contributed by atoms with E-state index < -0.39 is 6.43 Å². The number of alkyl halides is 2. The number of amides is 1. The van der Waals surface area contributed by atoms with Crippen LogP contribution >= 0.6 is 0 Å². The summed E-state index contributed by atoms with van der Waals surface area (Å²) in [5, 5.41) is 7.43. The second-order valence-corrected chi connectivity index (χ2v) is 7.16. The van der Waals surface area contributed by atoms with Crippen molar-refractivity contribution in [1.82, 2.24) is 14.8 Å². The van der Waals surface area contributed by atoms with E-state index in [2.05, 4.69) is 15.4 Å². The van der Waals surface area contributed by atoms with Crippen LogP contribution in [-0.2, 0) is 11.3 Å². The molecule has 0 spiro atoms. The van der Waals surface area contributed by atoms with Gasteiger partial charge in [-0.25, -0.2) is 18.4 Å². The summed E-state index contributed by atoms with van der Waals surface area (Å²) in [4.78, 5) is 17.1. The van der Waals surface area contributed by atoms with E-state index in [0.717, 1.165) is 18.6 Å². The lowest BCUT2D eigenvalue weighted by atomic mass is 10.1. The molecule has 1 aliphatic rings. The summed E-state index contributed by atoms with van der Waals surface area (Å²) < 4.78 is 34.1. The largest absolute Gasteiger partial charge is 0.494 e. The van der Waals surface area contributed by atoms with Gasteiger partial charge in [-0.3, -0.25) is 4.79 Å². The molecule has 0 saturated heterocycles. The second-order valence-electron chi connectivity index (χ2n) is 7.16. The maximum atomic E-state index is 13.6. The number of benzene rings is 1. The van der Waals surface area contributed by atoms with Crippen LogP contribution in [-0.4, -0.2) is 27.3 Å². The Hall–Kier alpha value is -3.03. The number of carbonyl (C=O) groups excluding carboxylic acids is 1. The Balaban J connectivity index is 1.59. The lowest BCUT2D eigenvalue weighted by Gasteiger charge is -2.09. The van der Waals surface area contributed by atoms with Crippen molar-refractivity contribution < 1.29 is 18.3 Å². The Kier molecular flexibility index (Phi) is 5.17. The number of aromatic nitrogens is 3. The van der Waals surface area contributed by atoms with Gasteiger partial charge in [0.25, 0.3) is 6.43 Å². The van der Waals surface area contributed by atoms with Gasteiger partial charge in [-0.1, -0.05) is 0 Å². The molecule has 152 valence electrons. The Bertz CT molecular complexity index is 1040. The Labute approximate surface area is 166 Å². The summed E-state index contributed by atoms with van der Waals surface area (Å²) in [6.07, 6.45) is -0.717. The van der Waals surface area contributed by atoms with Gasteiger partial charge in [0.15, 0.2) is 5.65 Å². The molecule has 3 aromatic rings. The minimum Gasteiger partial charge on any atom is -0.494 e. The van der Waals surface area contributed by atoms with Crippen molar-refractivity contribution in [2.45, 2.75) is 45.6 Å². The number of hydrogen-bond donors (Lipinski definition) is 1. The maximum absolute atomic E-state index is 13.6. The van der Waals surface area contributed by atoms with Gasteiger partial charge in [-0.05, 0) is 57.0 Å². The Morgan fingerprint density at radius 1 is 1.31 bits per heavy atom. The van der Waals surface area contributed by atoms with Crippen LogP contribution in [0.1, 0.15) is 49.1 Å². The van der Waals surface area contributed by atoms with Gasteiger partial charge in [-0.2, -0.15) is 5.10 Å². The number of carbonyl (C=O) groups is 1. The normalized spacial score (nSPS) is 13.8. The van der Waals surface area contributed by atoms with Gasteiger partial charge >= 0.3 is 0 Å². The Morgan fingerprint density at radius 2 is 2.03 bits per heavy atom.